The first-order valence-corrected chi connectivity index (χ1v) is 22.3. The molecule has 8 atom stereocenters. The minimum atomic E-state index is -1.17. The Hall–Kier alpha value is -3.84. The van der Waals surface area contributed by atoms with Crippen molar-refractivity contribution in [3.8, 4) is 17.5 Å². The number of aliphatic carboxylic acids is 1. The van der Waals surface area contributed by atoms with E-state index in [2.05, 4.69) is 78.1 Å². The average molecular weight is 808 g/mol. The average Bonchev–Trinajstić information content (AvgIpc) is 3.69. The van der Waals surface area contributed by atoms with E-state index in [4.69, 9.17) is 14.9 Å². The van der Waals surface area contributed by atoms with Gasteiger partial charge in [0.05, 0.1) is 23.5 Å². The van der Waals surface area contributed by atoms with E-state index in [9.17, 15) is 24.8 Å². The fourth-order valence-corrected chi connectivity index (χ4v) is 14.0. The van der Waals surface area contributed by atoms with Crippen LogP contribution in [-0.2, 0) is 32.1 Å². The second-order valence-electron chi connectivity index (χ2n) is 21.9. The zero-order valence-corrected chi connectivity index (χ0v) is 37.7. The molecule has 5 aliphatic carbocycles. The molecule has 1 aromatic carbocycles. The lowest BCUT2D eigenvalue weighted by molar-refractivity contribution is -0.233. The van der Waals surface area contributed by atoms with Crippen molar-refractivity contribution >= 4 is 17.7 Å². The number of allylic oxidation sites excluding steroid dienone is 2. The number of esters is 1. The number of aromatic nitrogens is 3. The summed E-state index contributed by atoms with van der Waals surface area (Å²) < 4.78 is 8.48. The summed E-state index contributed by atoms with van der Waals surface area (Å²) in [6.45, 7) is 21.4. The van der Waals surface area contributed by atoms with Crippen LogP contribution in [0.25, 0.3) is 11.4 Å². The number of nitriles is 1. The van der Waals surface area contributed by atoms with Gasteiger partial charge in [0.25, 0.3) is 0 Å². The molecule has 2 aromatic rings. The summed E-state index contributed by atoms with van der Waals surface area (Å²) in [6.07, 6.45) is 8.93. The smallest absolute Gasteiger partial charge is 0.309 e. The normalized spacial score (nSPS) is 33.9. The number of carbonyl (C=O) groups is 3. The van der Waals surface area contributed by atoms with Gasteiger partial charge in [-0.05, 0) is 149 Å². The van der Waals surface area contributed by atoms with E-state index in [0.717, 1.165) is 87.2 Å². The fraction of sp³-hybridized carbons (Fsp3) is 0.714. The van der Waals surface area contributed by atoms with E-state index in [1.54, 1.807) is 13.8 Å². The predicted octanol–water partition coefficient (Wildman–Crippen LogP) is 9.31. The van der Waals surface area contributed by atoms with Gasteiger partial charge >= 0.3 is 11.9 Å². The standard InChI is InChI=1S/C49H69N5O5/c1-30(2)40-34(55)26-49(27-38-51-52-42(54(38)25-24-53(10)11)32-14-12-31(29-50)13-15-32)23-22-47(8)33(41(40)49)16-17-36-46(7)20-19-37(59-39(56)28-44(3,4)43(57)58)45(5,6)35(46)18-21-48(36,47)9/h12-15,30,33,35-37H,16-28H2,1-11H3,(H,57,58)/t33-,35?,36-,37+,46+,47-,48-,49?/m1/s1. The van der Waals surface area contributed by atoms with Gasteiger partial charge in [0, 0.05) is 42.3 Å². The first-order valence-electron chi connectivity index (χ1n) is 22.3. The highest BCUT2D eigenvalue weighted by Crippen LogP contribution is 2.77. The first kappa shape index (κ1) is 43.3. The molecule has 5 aliphatic rings. The molecule has 10 nitrogen and oxygen atoms in total. The summed E-state index contributed by atoms with van der Waals surface area (Å²) in [5, 5.41) is 28.8. The summed E-state index contributed by atoms with van der Waals surface area (Å²) in [7, 11) is 4.16. The van der Waals surface area contributed by atoms with Crippen LogP contribution in [0.3, 0.4) is 0 Å². The van der Waals surface area contributed by atoms with Gasteiger partial charge in [-0.3, -0.25) is 14.4 Å². The third kappa shape index (κ3) is 6.90. The summed E-state index contributed by atoms with van der Waals surface area (Å²) in [5.74, 6) is 1.95. The molecule has 0 aliphatic heterocycles. The number of benzene rings is 1. The molecule has 4 fully saturated rings. The Morgan fingerprint density at radius 2 is 1.66 bits per heavy atom. The number of carboxylic acids is 1. The Balaban J connectivity index is 1.21. The topological polar surface area (TPSA) is 138 Å². The lowest BCUT2D eigenvalue weighted by atomic mass is 9.33. The maximum absolute atomic E-state index is 14.4. The summed E-state index contributed by atoms with van der Waals surface area (Å²) >= 11 is 0. The molecular weight excluding hydrogens is 739 g/mol. The van der Waals surface area contributed by atoms with Crippen LogP contribution in [0, 0.1) is 67.5 Å². The van der Waals surface area contributed by atoms with Crippen molar-refractivity contribution in [2.45, 2.75) is 146 Å². The number of nitrogens with zero attached hydrogens (tertiary/aromatic N) is 5. The van der Waals surface area contributed by atoms with Crippen molar-refractivity contribution in [2.75, 3.05) is 20.6 Å². The number of Topliss-reactive ketones (excluding diaryl/α,β-unsaturated/α-hetero) is 1. The Kier molecular flexibility index (Phi) is 11.0. The highest BCUT2D eigenvalue weighted by atomic mass is 16.5. The Labute approximate surface area is 352 Å². The lowest BCUT2D eigenvalue weighted by Gasteiger charge is -2.72. The first-order chi connectivity index (χ1) is 27.5. The van der Waals surface area contributed by atoms with Crippen molar-refractivity contribution in [3.63, 3.8) is 0 Å². The number of hydrogen-bond donors (Lipinski definition) is 1. The van der Waals surface area contributed by atoms with E-state index < -0.39 is 17.4 Å². The fourth-order valence-electron chi connectivity index (χ4n) is 14.0. The van der Waals surface area contributed by atoms with Gasteiger partial charge in [-0.15, -0.1) is 10.2 Å². The van der Waals surface area contributed by atoms with Crippen molar-refractivity contribution in [1.29, 1.82) is 5.26 Å². The van der Waals surface area contributed by atoms with Crippen LogP contribution in [-0.4, -0.2) is 69.2 Å². The van der Waals surface area contributed by atoms with Crippen molar-refractivity contribution < 1.29 is 24.2 Å². The van der Waals surface area contributed by atoms with Crippen LogP contribution in [0.1, 0.15) is 138 Å². The maximum Gasteiger partial charge on any atom is 0.309 e. The molecule has 0 bridgehead atoms. The van der Waals surface area contributed by atoms with Gasteiger partial charge in [-0.25, -0.2) is 0 Å². The molecule has 4 saturated carbocycles. The highest BCUT2D eigenvalue weighted by molar-refractivity contribution is 6.00. The second kappa shape index (κ2) is 15.0. The van der Waals surface area contributed by atoms with Crippen LogP contribution in [0.4, 0.5) is 0 Å². The molecule has 1 heterocycles. The molecule has 1 aromatic heterocycles. The van der Waals surface area contributed by atoms with Crippen LogP contribution in [0.5, 0.6) is 0 Å². The van der Waals surface area contributed by atoms with Crippen LogP contribution < -0.4 is 0 Å². The highest BCUT2D eigenvalue weighted by Gasteiger charge is 2.70. The van der Waals surface area contributed by atoms with E-state index in [1.807, 2.05) is 24.3 Å². The zero-order chi connectivity index (χ0) is 43.1. The molecule has 0 radical (unpaired) electrons. The molecule has 1 N–H and O–H groups in total. The minimum absolute atomic E-state index is 0.00953. The molecule has 0 saturated heterocycles. The Morgan fingerprint density at radius 1 is 0.966 bits per heavy atom. The quantitative estimate of drug-likeness (QED) is 0.220. The third-order valence-corrected chi connectivity index (χ3v) is 17.3. The van der Waals surface area contributed by atoms with Gasteiger partial charge in [-0.1, -0.05) is 54.0 Å². The minimum Gasteiger partial charge on any atom is -0.481 e. The van der Waals surface area contributed by atoms with Crippen molar-refractivity contribution in [3.05, 3.63) is 46.8 Å². The molecule has 7 rings (SSSR count). The largest absolute Gasteiger partial charge is 0.481 e. The molecule has 59 heavy (non-hydrogen) atoms. The number of rotatable bonds is 11. The predicted molar refractivity (Wildman–Crippen MR) is 228 cm³/mol. The van der Waals surface area contributed by atoms with Crippen LogP contribution in [0.2, 0.25) is 0 Å². The van der Waals surface area contributed by atoms with Gasteiger partial charge in [0.15, 0.2) is 11.6 Å². The van der Waals surface area contributed by atoms with Gasteiger partial charge < -0.3 is 19.3 Å². The van der Waals surface area contributed by atoms with Gasteiger partial charge in [-0.2, -0.15) is 5.26 Å². The summed E-state index contributed by atoms with van der Waals surface area (Å²) in [5.41, 5.74) is 2.47. The molecule has 2 unspecified atom stereocenters. The SMILES string of the molecule is CC(C)C1=C2[C@H]3CC[C@@H]4[C@@]5(C)CC[C@H](OC(=O)CC(C)(C)C(=O)O)C(C)(C)C5CC[C@@]4(C)[C@]3(C)CCC2(Cc2nnc(-c3ccc(C#N)cc3)n2CCN(C)C)CC1=O. The second-order valence-corrected chi connectivity index (χ2v) is 21.9. The number of ether oxygens (including phenoxy) is 1. The maximum atomic E-state index is 14.4. The Morgan fingerprint density at radius 3 is 2.29 bits per heavy atom. The van der Waals surface area contributed by atoms with E-state index in [0.29, 0.717) is 41.9 Å². The van der Waals surface area contributed by atoms with Gasteiger partial charge in [0.1, 0.15) is 11.9 Å². The molecular formula is C49H69N5O5. The number of likely N-dealkylation sites (N-methyl/N-ethyl adjacent to an activating group) is 1. The molecule has 320 valence electrons. The van der Waals surface area contributed by atoms with E-state index in [-0.39, 0.29) is 45.5 Å². The lowest BCUT2D eigenvalue weighted by Crippen LogP contribution is -2.65. The monoisotopic (exact) mass is 808 g/mol. The van der Waals surface area contributed by atoms with Crippen molar-refractivity contribution in [2.24, 2.45) is 56.2 Å². The number of fused-ring (bicyclic) bond motifs is 7. The molecule has 0 amide bonds. The van der Waals surface area contributed by atoms with Crippen LogP contribution in [0.15, 0.2) is 35.4 Å². The number of hydrogen-bond acceptors (Lipinski definition) is 8. The van der Waals surface area contributed by atoms with E-state index >= 15 is 0 Å². The van der Waals surface area contributed by atoms with Crippen molar-refractivity contribution in [1.82, 2.24) is 19.7 Å². The van der Waals surface area contributed by atoms with Gasteiger partial charge in [0.2, 0.25) is 0 Å². The number of ketones is 1. The number of carbonyl (C=O) groups excluding carboxylic acids is 2. The molecule has 0 spiro atoms. The molecule has 10 heteroatoms. The zero-order valence-electron chi connectivity index (χ0n) is 37.7. The summed E-state index contributed by atoms with van der Waals surface area (Å²) in [6, 6.07) is 9.82. The van der Waals surface area contributed by atoms with Crippen LogP contribution >= 0.6 is 0 Å². The summed E-state index contributed by atoms with van der Waals surface area (Å²) in [4.78, 5) is 41.6. The number of carboxylic acid groups (broad SMARTS) is 1. The Bertz CT molecular complexity index is 2070. The van der Waals surface area contributed by atoms with E-state index in [1.165, 1.54) is 5.57 Å². The third-order valence-electron chi connectivity index (χ3n) is 17.3.